The van der Waals surface area contributed by atoms with Gasteiger partial charge in [-0.1, -0.05) is 39.0 Å². The van der Waals surface area contributed by atoms with Crippen molar-refractivity contribution in [3.63, 3.8) is 0 Å². The lowest BCUT2D eigenvalue weighted by molar-refractivity contribution is 0.167. The Morgan fingerprint density at radius 2 is 2.06 bits per heavy atom. The number of hydrogen-bond acceptors (Lipinski definition) is 2. The summed E-state index contributed by atoms with van der Waals surface area (Å²) in [7, 11) is 0. The molecule has 0 saturated carbocycles. The van der Waals surface area contributed by atoms with Gasteiger partial charge >= 0.3 is 0 Å². The zero-order valence-corrected chi connectivity index (χ0v) is 11.7. The smallest absolute Gasteiger partial charge is 0.0882 e. The van der Waals surface area contributed by atoms with Crippen LogP contribution in [0.3, 0.4) is 0 Å². The second kappa shape index (κ2) is 6.55. The monoisotopic (exact) mass is 252 g/mol. The molecule has 1 heterocycles. The molecular weight excluding hydrogens is 228 g/mol. The summed E-state index contributed by atoms with van der Waals surface area (Å²) in [6.07, 6.45) is 10.9. The first-order valence-corrected chi connectivity index (χ1v) is 7.92. The van der Waals surface area contributed by atoms with Crippen molar-refractivity contribution in [1.29, 1.82) is 0 Å². The van der Waals surface area contributed by atoms with E-state index in [-0.39, 0.29) is 6.10 Å². The number of unbranched alkanes of at least 4 members (excludes halogenated alkanes) is 4. The average Bonchev–Trinajstić information content (AvgIpc) is 2.88. The van der Waals surface area contributed by atoms with E-state index in [2.05, 4.69) is 13.0 Å². The number of aliphatic hydroxyl groups is 1. The van der Waals surface area contributed by atoms with Gasteiger partial charge in [-0.25, -0.2) is 0 Å². The summed E-state index contributed by atoms with van der Waals surface area (Å²) in [6.45, 7) is 2.24. The lowest BCUT2D eigenvalue weighted by atomic mass is 10.1. The van der Waals surface area contributed by atoms with Crippen LogP contribution in [0.4, 0.5) is 0 Å². The molecule has 0 saturated heterocycles. The van der Waals surface area contributed by atoms with Gasteiger partial charge in [0, 0.05) is 9.75 Å². The molecular formula is C15H24OS. The Kier molecular flexibility index (Phi) is 5.05. The van der Waals surface area contributed by atoms with Gasteiger partial charge in [0.15, 0.2) is 0 Å². The van der Waals surface area contributed by atoms with Crippen LogP contribution >= 0.6 is 11.3 Å². The van der Waals surface area contributed by atoms with Crippen molar-refractivity contribution in [2.24, 2.45) is 0 Å². The van der Waals surface area contributed by atoms with Crippen LogP contribution < -0.4 is 0 Å². The van der Waals surface area contributed by atoms with Crippen LogP contribution in [0.5, 0.6) is 0 Å². The van der Waals surface area contributed by atoms with Gasteiger partial charge in [0.25, 0.3) is 0 Å². The molecule has 0 fully saturated rings. The molecule has 2 rings (SSSR count). The van der Waals surface area contributed by atoms with Crippen molar-refractivity contribution in [3.8, 4) is 0 Å². The van der Waals surface area contributed by atoms with Gasteiger partial charge in [-0.05, 0) is 37.3 Å². The third kappa shape index (κ3) is 3.56. The van der Waals surface area contributed by atoms with Crippen molar-refractivity contribution < 1.29 is 5.11 Å². The normalized spacial score (nSPS) is 16.1. The summed E-state index contributed by atoms with van der Waals surface area (Å²) < 4.78 is 0. The Labute approximate surface area is 109 Å². The molecule has 2 heteroatoms. The van der Waals surface area contributed by atoms with E-state index in [0.29, 0.717) is 0 Å². The van der Waals surface area contributed by atoms with Crippen LogP contribution in [0.2, 0.25) is 0 Å². The summed E-state index contributed by atoms with van der Waals surface area (Å²) in [4.78, 5) is 2.75. The fraction of sp³-hybridized carbons (Fsp3) is 0.733. The van der Waals surface area contributed by atoms with E-state index in [0.717, 1.165) is 6.42 Å². The van der Waals surface area contributed by atoms with Crippen molar-refractivity contribution in [2.45, 2.75) is 70.8 Å². The highest BCUT2D eigenvalue weighted by Crippen LogP contribution is 2.35. The lowest BCUT2D eigenvalue weighted by Gasteiger charge is -2.08. The molecule has 1 atom stereocenters. The maximum atomic E-state index is 10.1. The molecule has 1 nitrogen and oxygen atoms in total. The molecule has 0 bridgehead atoms. The van der Waals surface area contributed by atoms with E-state index in [1.165, 1.54) is 66.7 Å². The summed E-state index contributed by atoms with van der Waals surface area (Å²) in [5, 5.41) is 10.1. The fourth-order valence-electron chi connectivity index (χ4n) is 2.60. The molecule has 1 aliphatic carbocycles. The standard InChI is InChI=1S/C15H24OS/c1-2-3-4-5-6-9-13(16)15-11-12-8-7-10-14(12)17-15/h11,13,16H,2-10H2,1H3. The largest absolute Gasteiger partial charge is 0.388 e. The fourth-order valence-corrected chi connectivity index (χ4v) is 3.88. The van der Waals surface area contributed by atoms with Crippen LogP contribution in [0.15, 0.2) is 6.07 Å². The first-order chi connectivity index (χ1) is 8.31. The van der Waals surface area contributed by atoms with E-state index in [9.17, 15) is 5.11 Å². The van der Waals surface area contributed by atoms with E-state index in [1.54, 1.807) is 0 Å². The van der Waals surface area contributed by atoms with Crippen molar-refractivity contribution in [1.82, 2.24) is 0 Å². The van der Waals surface area contributed by atoms with Gasteiger partial charge in [0.2, 0.25) is 0 Å². The molecule has 0 amide bonds. The van der Waals surface area contributed by atoms with Crippen LogP contribution in [-0.4, -0.2) is 5.11 Å². The minimum atomic E-state index is -0.202. The van der Waals surface area contributed by atoms with E-state index < -0.39 is 0 Å². The van der Waals surface area contributed by atoms with Crippen molar-refractivity contribution in [2.75, 3.05) is 0 Å². The Hall–Kier alpha value is -0.340. The number of fused-ring (bicyclic) bond motifs is 1. The first kappa shape index (κ1) is 13.1. The number of hydrogen-bond donors (Lipinski definition) is 1. The van der Waals surface area contributed by atoms with Crippen LogP contribution in [0, 0.1) is 0 Å². The number of rotatable bonds is 7. The molecule has 0 aliphatic heterocycles. The van der Waals surface area contributed by atoms with Gasteiger partial charge in [-0.15, -0.1) is 11.3 Å². The van der Waals surface area contributed by atoms with E-state index in [4.69, 9.17) is 0 Å². The molecule has 17 heavy (non-hydrogen) atoms. The predicted molar refractivity (Wildman–Crippen MR) is 74.7 cm³/mol. The Morgan fingerprint density at radius 3 is 2.82 bits per heavy atom. The topological polar surface area (TPSA) is 20.2 Å². The number of aliphatic hydroxyl groups excluding tert-OH is 1. The molecule has 1 aromatic rings. The van der Waals surface area contributed by atoms with Crippen LogP contribution in [0.25, 0.3) is 0 Å². The van der Waals surface area contributed by atoms with Gasteiger partial charge in [-0.3, -0.25) is 0 Å². The zero-order chi connectivity index (χ0) is 12.1. The van der Waals surface area contributed by atoms with E-state index >= 15 is 0 Å². The van der Waals surface area contributed by atoms with Crippen molar-refractivity contribution in [3.05, 3.63) is 21.4 Å². The van der Waals surface area contributed by atoms with Gasteiger partial charge in [-0.2, -0.15) is 0 Å². The maximum Gasteiger partial charge on any atom is 0.0882 e. The zero-order valence-electron chi connectivity index (χ0n) is 10.9. The Balaban J connectivity index is 1.73. The highest BCUT2D eigenvalue weighted by molar-refractivity contribution is 7.12. The summed E-state index contributed by atoms with van der Waals surface area (Å²) >= 11 is 1.85. The average molecular weight is 252 g/mol. The third-order valence-electron chi connectivity index (χ3n) is 3.68. The van der Waals surface area contributed by atoms with Crippen molar-refractivity contribution >= 4 is 11.3 Å². The Bertz CT molecular complexity index is 321. The molecule has 1 unspecified atom stereocenters. The molecule has 0 radical (unpaired) electrons. The summed E-state index contributed by atoms with van der Waals surface area (Å²) in [6, 6.07) is 2.25. The van der Waals surface area contributed by atoms with Crippen LogP contribution in [0.1, 0.15) is 73.3 Å². The maximum absolute atomic E-state index is 10.1. The molecule has 96 valence electrons. The predicted octanol–water partition coefficient (Wildman–Crippen LogP) is 4.63. The minimum Gasteiger partial charge on any atom is -0.388 e. The molecule has 1 N–H and O–H groups in total. The van der Waals surface area contributed by atoms with Gasteiger partial charge in [0.05, 0.1) is 6.10 Å². The number of aryl methyl sites for hydroxylation is 2. The quantitative estimate of drug-likeness (QED) is 0.701. The second-order valence-corrected chi connectivity index (χ2v) is 6.34. The van der Waals surface area contributed by atoms with Crippen LogP contribution in [-0.2, 0) is 12.8 Å². The Morgan fingerprint density at radius 1 is 1.24 bits per heavy atom. The lowest BCUT2D eigenvalue weighted by Crippen LogP contribution is -1.94. The molecule has 0 spiro atoms. The number of thiophene rings is 1. The van der Waals surface area contributed by atoms with Gasteiger partial charge in [0.1, 0.15) is 0 Å². The summed E-state index contributed by atoms with van der Waals surface area (Å²) in [5.41, 5.74) is 1.51. The molecule has 1 aromatic heterocycles. The SMILES string of the molecule is CCCCCCCC(O)c1cc2c(s1)CCC2. The highest BCUT2D eigenvalue weighted by atomic mass is 32.1. The summed E-state index contributed by atoms with van der Waals surface area (Å²) in [5.74, 6) is 0. The highest BCUT2D eigenvalue weighted by Gasteiger charge is 2.18. The second-order valence-electron chi connectivity index (χ2n) is 5.17. The third-order valence-corrected chi connectivity index (χ3v) is 5.01. The molecule has 1 aliphatic rings. The first-order valence-electron chi connectivity index (χ1n) is 7.10. The molecule has 0 aromatic carbocycles. The minimum absolute atomic E-state index is 0.202. The van der Waals surface area contributed by atoms with Gasteiger partial charge < -0.3 is 5.11 Å². The van der Waals surface area contributed by atoms with E-state index in [1.807, 2.05) is 11.3 Å².